The predicted molar refractivity (Wildman–Crippen MR) is 79.8 cm³/mol. The van der Waals surface area contributed by atoms with Gasteiger partial charge in [-0.3, -0.25) is 9.78 Å². The Hall–Kier alpha value is -1.22. The minimum atomic E-state index is -3.76. The minimum absolute atomic E-state index is 0. The van der Waals surface area contributed by atoms with Crippen LogP contribution < -0.4 is 5.32 Å². The molecule has 1 aliphatic heterocycles. The van der Waals surface area contributed by atoms with Crippen molar-refractivity contribution in [1.29, 1.82) is 0 Å². The number of carboxylic acids is 1. The Labute approximate surface area is 129 Å². The van der Waals surface area contributed by atoms with E-state index in [2.05, 4.69) is 10.3 Å². The topological polar surface area (TPSA) is 99.6 Å². The Morgan fingerprint density at radius 2 is 2.24 bits per heavy atom. The second-order valence-electron chi connectivity index (χ2n) is 4.61. The van der Waals surface area contributed by atoms with Gasteiger partial charge in [-0.15, -0.1) is 12.4 Å². The highest BCUT2D eigenvalue weighted by Gasteiger charge is 2.40. The maximum absolute atomic E-state index is 12.6. The lowest BCUT2D eigenvalue weighted by atomic mass is 10.2. The van der Waals surface area contributed by atoms with E-state index in [0.717, 1.165) is 4.31 Å². The van der Waals surface area contributed by atoms with Crippen LogP contribution in [0.15, 0.2) is 24.4 Å². The zero-order valence-electron chi connectivity index (χ0n) is 11.5. The number of hydrogen-bond acceptors (Lipinski definition) is 5. The van der Waals surface area contributed by atoms with E-state index in [4.69, 9.17) is 5.11 Å². The van der Waals surface area contributed by atoms with Crippen LogP contribution in [0, 0.1) is 0 Å². The van der Waals surface area contributed by atoms with Crippen LogP contribution >= 0.6 is 12.4 Å². The molecule has 0 spiro atoms. The number of nitrogens with zero attached hydrogens (tertiary/aromatic N) is 2. The second kappa shape index (κ2) is 7.17. The van der Waals surface area contributed by atoms with Gasteiger partial charge in [-0.2, -0.15) is 4.31 Å². The fourth-order valence-electron chi connectivity index (χ4n) is 2.17. The predicted octanol–water partition coefficient (Wildman–Crippen LogP) is 0.253. The van der Waals surface area contributed by atoms with Gasteiger partial charge < -0.3 is 10.4 Å². The molecular weight excluding hydrogens is 318 g/mol. The number of hydrogen-bond donors (Lipinski definition) is 2. The molecule has 0 aliphatic carbocycles. The number of aromatic nitrogens is 1. The van der Waals surface area contributed by atoms with Gasteiger partial charge in [0.1, 0.15) is 11.3 Å². The van der Waals surface area contributed by atoms with Gasteiger partial charge in [0.25, 0.3) is 0 Å². The van der Waals surface area contributed by atoms with Gasteiger partial charge >= 0.3 is 5.97 Å². The second-order valence-corrected chi connectivity index (χ2v) is 6.82. The molecule has 21 heavy (non-hydrogen) atoms. The molecule has 2 rings (SSSR count). The number of piperazine rings is 1. The molecular formula is C12H18ClN3O4S. The van der Waals surface area contributed by atoms with Crippen molar-refractivity contribution in [1.82, 2.24) is 14.6 Å². The quantitative estimate of drug-likeness (QED) is 0.818. The van der Waals surface area contributed by atoms with Crippen molar-refractivity contribution in [3.8, 4) is 0 Å². The maximum atomic E-state index is 12.6. The molecule has 0 bridgehead atoms. The van der Waals surface area contributed by atoms with Gasteiger partial charge in [0.15, 0.2) is 0 Å². The average molecular weight is 336 g/mol. The first-order valence-electron chi connectivity index (χ1n) is 6.29. The highest BCUT2D eigenvalue weighted by Crippen LogP contribution is 2.25. The number of nitrogens with one attached hydrogen (secondary N) is 1. The van der Waals surface area contributed by atoms with Crippen LogP contribution in [0.25, 0.3) is 0 Å². The summed E-state index contributed by atoms with van der Waals surface area (Å²) < 4.78 is 26.3. The number of pyridine rings is 1. The Morgan fingerprint density at radius 1 is 1.52 bits per heavy atom. The van der Waals surface area contributed by atoms with E-state index in [1.165, 1.54) is 13.1 Å². The first-order chi connectivity index (χ1) is 9.44. The molecule has 7 nitrogen and oxygen atoms in total. The number of carbonyl (C=O) groups is 1. The van der Waals surface area contributed by atoms with Gasteiger partial charge in [0.2, 0.25) is 10.0 Å². The van der Waals surface area contributed by atoms with Crippen molar-refractivity contribution < 1.29 is 18.3 Å². The molecule has 1 saturated heterocycles. The highest BCUT2D eigenvalue weighted by atomic mass is 35.5. The van der Waals surface area contributed by atoms with Gasteiger partial charge in [-0.05, 0) is 19.1 Å². The third-order valence-corrected chi connectivity index (χ3v) is 5.58. The monoisotopic (exact) mass is 335 g/mol. The molecule has 2 atom stereocenters. The molecule has 118 valence electrons. The molecule has 0 aromatic carbocycles. The Balaban J connectivity index is 0.00000220. The van der Waals surface area contributed by atoms with E-state index in [1.807, 2.05) is 0 Å². The maximum Gasteiger partial charge on any atom is 0.323 e. The van der Waals surface area contributed by atoms with Crippen molar-refractivity contribution in [2.75, 3.05) is 19.6 Å². The minimum Gasteiger partial charge on any atom is -0.480 e. The first-order valence-corrected chi connectivity index (χ1v) is 7.80. The number of carboxylic acid groups (broad SMARTS) is 1. The zero-order chi connectivity index (χ0) is 14.8. The summed E-state index contributed by atoms with van der Waals surface area (Å²) >= 11 is 0. The molecule has 2 unspecified atom stereocenters. The molecule has 2 N–H and O–H groups in total. The summed E-state index contributed by atoms with van der Waals surface area (Å²) in [5, 5.41) is 11.2. The summed E-state index contributed by atoms with van der Waals surface area (Å²) in [6.45, 7) is 2.23. The van der Waals surface area contributed by atoms with Crippen molar-refractivity contribution in [3.05, 3.63) is 30.1 Å². The molecule has 1 aromatic heterocycles. The third kappa shape index (κ3) is 3.70. The number of halogens is 1. The molecule has 1 fully saturated rings. The number of aliphatic carboxylic acids is 1. The van der Waals surface area contributed by atoms with E-state index in [9.17, 15) is 13.2 Å². The molecule has 1 aromatic rings. The van der Waals surface area contributed by atoms with Crippen LogP contribution in [0.1, 0.15) is 17.9 Å². The summed E-state index contributed by atoms with van der Waals surface area (Å²) in [5.41, 5.74) is 0.412. The summed E-state index contributed by atoms with van der Waals surface area (Å²) in [4.78, 5) is 15.2. The van der Waals surface area contributed by atoms with Crippen LogP contribution in [0.5, 0.6) is 0 Å². The van der Waals surface area contributed by atoms with Crippen LogP contribution in [-0.2, 0) is 14.8 Å². The van der Waals surface area contributed by atoms with Crippen molar-refractivity contribution in [3.63, 3.8) is 0 Å². The van der Waals surface area contributed by atoms with E-state index in [-0.39, 0.29) is 25.5 Å². The molecule has 0 radical (unpaired) electrons. The molecule has 9 heteroatoms. The Kier molecular flexibility index (Phi) is 6.09. The largest absolute Gasteiger partial charge is 0.480 e. The normalized spacial score (nSPS) is 21.3. The van der Waals surface area contributed by atoms with E-state index in [1.54, 1.807) is 18.2 Å². The summed E-state index contributed by atoms with van der Waals surface area (Å²) in [7, 11) is -3.76. The average Bonchev–Trinajstić information content (AvgIpc) is 2.47. The molecule has 1 aliphatic rings. The van der Waals surface area contributed by atoms with Crippen molar-refractivity contribution >= 4 is 28.4 Å². The Morgan fingerprint density at radius 3 is 2.81 bits per heavy atom. The smallest absolute Gasteiger partial charge is 0.323 e. The van der Waals surface area contributed by atoms with Gasteiger partial charge in [-0.1, -0.05) is 6.07 Å². The van der Waals surface area contributed by atoms with Crippen LogP contribution in [0.4, 0.5) is 0 Å². The van der Waals surface area contributed by atoms with Crippen LogP contribution in [0.3, 0.4) is 0 Å². The summed E-state index contributed by atoms with van der Waals surface area (Å²) in [5.74, 6) is -1.14. The lowest BCUT2D eigenvalue weighted by molar-refractivity contribution is -0.141. The van der Waals surface area contributed by atoms with Gasteiger partial charge in [-0.25, -0.2) is 8.42 Å². The van der Waals surface area contributed by atoms with Crippen LogP contribution in [-0.4, -0.2) is 54.5 Å². The lowest BCUT2D eigenvalue weighted by Crippen LogP contribution is -2.57. The van der Waals surface area contributed by atoms with Crippen molar-refractivity contribution in [2.45, 2.75) is 18.2 Å². The van der Waals surface area contributed by atoms with E-state index >= 15 is 0 Å². The van der Waals surface area contributed by atoms with E-state index in [0.29, 0.717) is 12.2 Å². The molecule has 0 amide bonds. The van der Waals surface area contributed by atoms with Crippen molar-refractivity contribution in [2.24, 2.45) is 0 Å². The van der Waals surface area contributed by atoms with Crippen LogP contribution in [0.2, 0.25) is 0 Å². The van der Waals surface area contributed by atoms with Gasteiger partial charge in [0.05, 0.1) is 5.69 Å². The highest BCUT2D eigenvalue weighted by molar-refractivity contribution is 7.89. The first kappa shape index (κ1) is 17.8. The zero-order valence-corrected chi connectivity index (χ0v) is 13.1. The standard InChI is InChI=1S/C12H17N3O4S.ClH/c1-9(10-4-2-3-5-14-10)20(18,19)15-7-6-13-8-11(15)12(16)17;/h2-5,9,11,13H,6-8H2,1H3,(H,16,17);1H. The summed E-state index contributed by atoms with van der Waals surface area (Å²) in [6, 6.07) is 3.97. The third-order valence-electron chi connectivity index (χ3n) is 3.36. The fourth-order valence-corrected chi connectivity index (χ4v) is 3.89. The lowest BCUT2D eigenvalue weighted by Gasteiger charge is -2.34. The molecule has 2 heterocycles. The number of rotatable bonds is 4. The fraction of sp³-hybridized carbons (Fsp3) is 0.500. The Bertz CT molecular complexity index is 581. The SMILES string of the molecule is CC(c1ccccn1)S(=O)(=O)N1CCNCC1C(=O)O.Cl. The van der Waals surface area contributed by atoms with E-state index < -0.39 is 27.3 Å². The van der Waals surface area contributed by atoms with Gasteiger partial charge in [0, 0.05) is 25.8 Å². The summed E-state index contributed by atoms with van der Waals surface area (Å²) in [6.07, 6.45) is 1.52. The molecule has 0 saturated carbocycles. The number of sulfonamides is 1.